The minimum atomic E-state index is -0.685. The van der Waals surface area contributed by atoms with Gasteiger partial charge in [-0.3, -0.25) is 9.51 Å². The molecule has 3 aromatic heterocycles. The summed E-state index contributed by atoms with van der Waals surface area (Å²) in [5.41, 5.74) is 2.60. The van der Waals surface area contributed by atoms with Gasteiger partial charge in [-0.15, -0.1) is 0 Å². The maximum Gasteiger partial charge on any atom is 0.439 e. The number of nitrogens with zero attached hydrogens (tertiary/aromatic N) is 5. The molecule has 1 fully saturated rings. The molecule has 0 aliphatic heterocycles. The van der Waals surface area contributed by atoms with Crippen LogP contribution >= 0.6 is 11.6 Å². The molecule has 0 amide bonds. The number of rotatable bonds is 7. The third kappa shape index (κ3) is 4.69. The van der Waals surface area contributed by atoms with Crippen LogP contribution in [0, 0.1) is 11.8 Å². The highest BCUT2D eigenvalue weighted by Gasteiger charge is 2.23. The number of fused-ring (bicyclic) bond motifs is 1. The Morgan fingerprint density at radius 3 is 2.76 bits per heavy atom. The smallest absolute Gasteiger partial charge is 0.439 e. The number of aromatic amines is 1. The van der Waals surface area contributed by atoms with Crippen molar-refractivity contribution in [3.8, 4) is 28.7 Å². The number of hydrogen-bond donors (Lipinski definition) is 1. The van der Waals surface area contributed by atoms with Crippen LogP contribution in [0.1, 0.15) is 32.6 Å². The fourth-order valence-corrected chi connectivity index (χ4v) is 4.68. The molecule has 178 valence electrons. The van der Waals surface area contributed by atoms with Crippen LogP contribution in [0.5, 0.6) is 5.75 Å². The minimum absolute atomic E-state index is 0.0857. The molecular weight excluding hydrogens is 460 g/mol. The number of methoxy groups -OCH3 is 1. The van der Waals surface area contributed by atoms with E-state index in [1.807, 2.05) is 6.07 Å². The van der Waals surface area contributed by atoms with Crippen molar-refractivity contribution in [2.75, 3.05) is 13.9 Å². The van der Waals surface area contributed by atoms with Crippen molar-refractivity contribution in [3.05, 3.63) is 40.1 Å². The summed E-state index contributed by atoms with van der Waals surface area (Å²) in [6.45, 7) is 3.22. The highest BCUT2D eigenvalue weighted by atomic mass is 35.5. The van der Waals surface area contributed by atoms with Gasteiger partial charge in [0.25, 0.3) is 0 Å². The van der Waals surface area contributed by atoms with Gasteiger partial charge >= 0.3 is 5.76 Å². The molecule has 0 spiro atoms. The summed E-state index contributed by atoms with van der Waals surface area (Å²) in [7, 11) is 1.55. The Morgan fingerprint density at radius 2 is 2.03 bits per heavy atom. The monoisotopic (exact) mass is 484 g/mol. The highest BCUT2D eigenvalue weighted by Crippen LogP contribution is 2.35. The zero-order chi connectivity index (χ0) is 23.7. The van der Waals surface area contributed by atoms with Crippen LogP contribution < -0.4 is 10.5 Å². The summed E-state index contributed by atoms with van der Waals surface area (Å²) >= 11 is 6.41. The van der Waals surface area contributed by atoms with Gasteiger partial charge in [-0.1, -0.05) is 36.5 Å². The Morgan fingerprint density at radius 1 is 1.21 bits per heavy atom. The van der Waals surface area contributed by atoms with Crippen molar-refractivity contribution in [3.63, 3.8) is 0 Å². The zero-order valence-electron chi connectivity index (χ0n) is 19.0. The normalized spacial score (nSPS) is 18.4. The Labute approximate surface area is 200 Å². The SMILES string of the molecule is COCOc1cc(Cl)cc(-c2nc(-c3noc(=O)[nH]3)nc3ncn(C[C@H]4CC[C@H](C)CC4)c23)c1. The Kier molecular flexibility index (Phi) is 6.34. The minimum Gasteiger partial charge on any atom is -0.467 e. The number of H-pyrrole nitrogens is 1. The largest absolute Gasteiger partial charge is 0.467 e. The average Bonchev–Trinajstić information content (AvgIpc) is 3.44. The molecule has 10 nitrogen and oxygen atoms in total. The van der Waals surface area contributed by atoms with E-state index in [9.17, 15) is 4.79 Å². The lowest BCUT2D eigenvalue weighted by Crippen LogP contribution is -2.17. The lowest BCUT2D eigenvalue weighted by atomic mass is 9.83. The molecule has 0 radical (unpaired) electrons. The molecule has 1 aromatic carbocycles. The molecule has 11 heteroatoms. The number of halogens is 1. The molecule has 0 saturated heterocycles. The van der Waals surface area contributed by atoms with Gasteiger partial charge < -0.3 is 14.0 Å². The molecule has 5 rings (SSSR count). The molecule has 0 atom stereocenters. The predicted molar refractivity (Wildman–Crippen MR) is 126 cm³/mol. The van der Waals surface area contributed by atoms with Crippen LogP contribution in [0.3, 0.4) is 0 Å². The van der Waals surface area contributed by atoms with Crippen LogP contribution in [0.25, 0.3) is 34.1 Å². The molecular formula is C23H25ClN6O4. The van der Waals surface area contributed by atoms with E-state index in [0.717, 1.165) is 23.5 Å². The average molecular weight is 485 g/mol. The summed E-state index contributed by atoms with van der Waals surface area (Å²) in [4.78, 5) is 27.9. The summed E-state index contributed by atoms with van der Waals surface area (Å²) in [6, 6.07) is 5.35. The molecule has 34 heavy (non-hydrogen) atoms. The second kappa shape index (κ2) is 9.55. The van der Waals surface area contributed by atoms with E-state index < -0.39 is 5.76 Å². The van der Waals surface area contributed by atoms with Crippen LogP contribution in [0.2, 0.25) is 5.02 Å². The first kappa shape index (κ1) is 22.5. The van der Waals surface area contributed by atoms with E-state index in [1.165, 1.54) is 25.7 Å². The fourth-order valence-electron chi connectivity index (χ4n) is 4.45. The summed E-state index contributed by atoms with van der Waals surface area (Å²) in [5.74, 6) is 1.52. The number of aromatic nitrogens is 6. The second-order valence-corrected chi connectivity index (χ2v) is 9.20. The number of nitrogens with one attached hydrogen (secondary N) is 1. The van der Waals surface area contributed by atoms with E-state index in [2.05, 4.69) is 36.1 Å². The topological polar surface area (TPSA) is 121 Å². The van der Waals surface area contributed by atoms with Gasteiger partial charge in [-0.2, -0.15) is 0 Å². The molecule has 0 unspecified atom stereocenters. The van der Waals surface area contributed by atoms with Crippen LogP contribution in [-0.2, 0) is 11.3 Å². The Bertz CT molecular complexity index is 1360. The molecule has 1 saturated carbocycles. The van der Waals surface area contributed by atoms with E-state index in [1.54, 1.807) is 25.6 Å². The van der Waals surface area contributed by atoms with Crippen molar-refractivity contribution in [2.24, 2.45) is 11.8 Å². The van der Waals surface area contributed by atoms with Gasteiger partial charge in [-0.05, 0) is 42.9 Å². The lowest BCUT2D eigenvalue weighted by Gasteiger charge is -2.26. The quantitative estimate of drug-likeness (QED) is 0.385. The fraction of sp³-hybridized carbons (Fsp3) is 0.435. The summed E-state index contributed by atoms with van der Waals surface area (Å²) in [6.07, 6.45) is 6.63. The predicted octanol–water partition coefficient (Wildman–Crippen LogP) is 4.30. The first-order valence-corrected chi connectivity index (χ1v) is 11.6. The molecule has 3 heterocycles. The third-order valence-corrected chi connectivity index (χ3v) is 6.42. The lowest BCUT2D eigenvalue weighted by molar-refractivity contribution is 0.0512. The Hall–Kier alpha value is -3.24. The standard InChI is InChI=1S/C23H25ClN6O4/c1-13-3-5-14(6-4-13)10-30-11-25-20-19(30)18(26-21(27-20)22-28-23(31)34-29-22)15-7-16(24)9-17(8-15)33-12-32-2/h7-9,11,13-14H,3-6,10,12H2,1-2H3,(H,28,29,31)/t13-,14-. The number of hydrogen-bond acceptors (Lipinski definition) is 8. The van der Waals surface area contributed by atoms with Gasteiger partial charge in [-0.25, -0.2) is 19.7 Å². The van der Waals surface area contributed by atoms with E-state index in [-0.39, 0.29) is 18.4 Å². The van der Waals surface area contributed by atoms with Gasteiger partial charge in [0.05, 0.1) is 6.33 Å². The summed E-state index contributed by atoms with van der Waals surface area (Å²) < 4.78 is 17.4. The number of benzene rings is 1. The van der Waals surface area contributed by atoms with Gasteiger partial charge in [0.2, 0.25) is 11.6 Å². The zero-order valence-corrected chi connectivity index (χ0v) is 19.7. The van der Waals surface area contributed by atoms with Crippen molar-refractivity contribution in [2.45, 2.75) is 39.2 Å². The molecule has 0 bridgehead atoms. The highest BCUT2D eigenvalue weighted by molar-refractivity contribution is 6.31. The third-order valence-electron chi connectivity index (χ3n) is 6.20. The number of ether oxygens (including phenoxy) is 2. The van der Waals surface area contributed by atoms with Gasteiger partial charge in [0.1, 0.15) is 17.0 Å². The van der Waals surface area contributed by atoms with Crippen LogP contribution in [0.15, 0.2) is 33.8 Å². The van der Waals surface area contributed by atoms with Crippen molar-refractivity contribution >= 4 is 22.8 Å². The molecule has 1 aliphatic carbocycles. The molecule has 1 N–H and O–H groups in total. The van der Waals surface area contributed by atoms with Gasteiger partial charge in [0, 0.05) is 24.2 Å². The summed E-state index contributed by atoms with van der Waals surface area (Å²) in [5, 5.41) is 4.23. The Balaban J connectivity index is 1.63. The molecule has 1 aliphatic rings. The van der Waals surface area contributed by atoms with Gasteiger partial charge in [0.15, 0.2) is 12.4 Å². The second-order valence-electron chi connectivity index (χ2n) is 8.76. The van der Waals surface area contributed by atoms with Crippen LogP contribution in [0.4, 0.5) is 0 Å². The molecule has 4 aromatic rings. The van der Waals surface area contributed by atoms with Crippen molar-refractivity contribution < 1.29 is 14.0 Å². The van der Waals surface area contributed by atoms with Crippen LogP contribution in [-0.4, -0.2) is 43.6 Å². The van der Waals surface area contributed by atoms with E-state index >= 15 is 0 Å². The van der Waals surface area contributed by atoms with E-state index in [4.69, 9.17) is 26.1 Å². The van der Waals surface area contributed by atoms with Crippen molar-refractivity contribution in [1.82, 2.24) is 29.7 Å². The number of imidazole rings is 1. The first-order chi connectivity index (χ1) is 16.5. The maximum atomic E-state index is 11.5. The maximum absolute atomic E-state index is 11.5. The van der Waals surface area contributed by atoms with E-state index in [0.29, 0.717) is 28.0 Å². The van der Waals surface area contributed by atoms with Crippen molar-refractivity contribution in [1.29, 1.82) is 0 Å². The first-order valence-electron chi connectivity index (χ1n) is 11.2.